The smallest absolute Gasteiger partial charge is 0.410 e. The molecule has 2 aromatic carbocycles. The Balaban J connectivity index is 1.95. The van der Waals surface area contributed by atoms with Crippen molar-refractivity contribution in [2.75, 3.05) is 7.05 Å². The van der Waals surface area contributed by atoms with Gasteiger partial charge in [0, 0.05) is 19.5 Å². The predicted octanol–water partition coefficient (Wildman–Crippen LogP) is 3.89. The summed E-state index contributed by atoms with van der Waals surface area (Å²) in [6.07, 6.45) is 6.30. The Morgan fingerprint density at radius 2 is 1.65 bits per heavy atom. The normalized spacial score (nSPS) is 11.3. The first-order valence-corrected chi connectivity index (χ1v) is 7.61. The summed E-state index contributed by atoms with van der Waals surface area (Å²) in [4.78, 5) is 13.9. The molecule has 3 nitrogen and oxygen atoms in total. The van der Waals surface area contributed by atoms with Gasteiger partial charge in [0.15, 0.2) is 0 Å². The fraction of sp³-hybridized carbons (Fsp3) is 0.250. The molecule has 0 saturated heterocycles. The van der Waals surface area contributed by atoms with Crippen molar-refractivity contribution in [3.63, 3.8) is 0 Å². The molecule has 0 radical (unpaired) electrons. The van der Waals surface area contributed by atoms with E-state index in [1.54, 1.807) is 11.9 Å². The summed E-state index contributed by atoms with van der Waals surface area (Å²) in [6, 6.07) is 19.5. The number of amides is 1. The van der Waals surface area contributed by atoms with Crippen LogP contribution in [0.25, 0.3) is 0 Å². The van der Waals surface area contributed by atoms with Crippen molar-refractivity contribution in [1.29, 1.82) is 0 Å². The Bertz CT molecular complexity index is 646. The van der Waals surface area contributed by atoms with Gasteiger partial charge in [-0.25, -0.2) is 4.79 Å². The molecule has 1 atom stereocenters. The van der Waals surface area contributed by atoms with Crippen LogP contribution in [0.1, 0.15) is 17.5 Å². The predicted molar refractivity (Wildman–Crippen MR) is 91.8 cm³/mol. The molecule has 0 aliphatic rings. The average molecular weight is 307 g/mol. The zero-order valence-electron chi connectivity index (χ0n) is 13.3. The summed E-state index contributed by atoms with van der Waals surface area (Å²) in [7, 11) is 1.73. The number of rotatable bonds is 6. The zero-order valence-corrected chi connectivity index (χ0v) is 13.3. The highest BCUT2D eigenvalue weighted by Gasteiger charge is 2.20. The first-order valence-electron chi connectivity index (χ1n) is 7.61. The number of hydrogen-bond acceptors (Lipinski definition) is 2. The van der Waals surface area contributed by atoms with E-state index in [1.165, 1.54) is 0 Å². The molecule has 23 heavy (non-hydrogen) atoms. The molecular weight excluding hydrogens is 286 g/mol. The largest absolute Gasteiger partial charge is 0.445 e. The molecular formula is C20H21NO2. The molecule has 2 rings (SSSR count). The minimum absolute atomic E-state index is 0.0781. The molecule has 0 spiro atoms. The second-order valence-electron chi connectivity index (χ2n) is 5.40. The highest BCUT2D eigenvalue weighted by atomic mass is 16.6. The number of likely N-dealkylation sites (N-methyl/N-ethyl adjacent to an activating group) is 1. The van der Waals surface area contributed by atoms with Gasteiger partial charge in [0.05, 0.1) is 0 Å². The molecule has 1 amide bonds. The molecule has 2 aromatic rings. The number of ether oxygens (including phenoxy) is 1. The zero-order chi connectivity index (χ0) is 16.5. The maximum absolute atomic E-state index is 12.3. The second-order valence-corrected chi connectivity index (χ2v) is 5.40. The van der Waals surface area contributed by atoms with Gasteiger partial charge in [-0.3, -0.25) is 0 Å². The van der Waals surface area contributed by atoms with E-state index in [-0.39, 0.29) is 18.7 Å². The minimum Gasteiger partial charge on any atom is -0.445 e. The van der Waals surface area contributed by atoms with Crippen molar-refractivity contribution in [2.24, 2.45) is 0 Å². The lowest BCUT2D eigenvalue weighted by Gasteiger charge is -2.26. The van der Waals surface area contributed by atoms with Crippen LogP contribution in [0.15, 0.2) is 60.7 Å². The summed E-state index contributed by atoms with van der Waals surface area (Å²) >= 11 is 0. The van der Waals surface area contributed by atoms with E-state index in [0.717, 1.165) is 11.1 Å². The third-order valence-corrected chi connectivity index (χ3v) is 3.71. The summed E-state index contributed by atoms with van der Waals surface area (Å²) in [6.45, 7) is 0.262. The standard InChI is InChI=1S/C20H21NO2/c1-3-10-19(15-17-11-6-4-7-12-17)21(2)20(22)23-16-18-13-8-5-9-14-18/h1,4-9,11-14,19H,10,15-16H2,2H3. The number of carbonyl (C=O) groups is 1. The van der Waals surface area contributed by atoms with E-state index >= 15 is 0 Å². The van der Waals surface area contributed by atoms with Crippen LogP contribution in [0.3, 0.4) is 0 Å². The Morgan fingerprint density at radius 3 is 2.22 bits per heavy atom. The van der Waals surface area contributed by atoms with Gasteiger partial charge in [-0.15, -0.1) is 12.3 Å². The number of carbonyl (C=O) groups excluding carboxylic acids is 1. The van der Waals surface area contributed by atoms with Gasteiger partial charge in [-0.2, -0.15) is 0 Å². The molecule has 0 bridgehead atoms. The van der Waals surface area contributed by atoms with Gasteiger partial charge in [0.1, 0.15) is 6.61 Å². The number of nitrogens with zero attached hydrogens (tertiary/aromatic N) is 1. The fourth-order valence-electron chi connectivity index (χ4n) is 2.34. The van der Waals surface area contributed by atoms with Gasteiger partial charge in [-0.1, -0.05) is 60.7 Å². The Kier molecular flexibility index (Phi) is 6.26. The Labute approximate surface area is 137 Å². The molecule has 118 valence electrons. The lowest BCUT2D eigenvalue weighted by atomic mass is 10.0. The molecule has 0 aliphatic carbocycles. The quantitative estimate of drug-likeness (QED) is 0.758. The lowest BCUT2D eigenvalue weighted by molar-refractivity contribution is 0.0915. The second kappa shape index (κ2) is 8.65. The van der Waals surface area contributed by atoms with E-state index in [1.807, 2.05) is 60.7 Å². The van der Waals surface area contributed by atoms with Gasteiger partial charge in [0.25, 0.3) is 0 Å². The third kappa shape index (κ3) is 5.19. The van der Waals surface area contributed by atoms with E-state index in [4.69, 9.17) is 11.2 Å². The molecule has 3 heteroatoms. The number of hydrogen-bond donors (Lipinski definition) is 0. The van der Waals surface area contributed by atoms with Crippen LogP contribution in [0.2, 0.25) is 0 Å². The van der Waals surface area contributed by atoms with Crippen molar-refractivity contribution in [2.45, 2.75) is 25.5 Å². The van der Waals surface area contributed by atoms with Crippen LogP contribution in [-0.2, 0) is 17.8 Å². The molecule has 0 heterocycles. The monoisotopic (exact) mass is 307 g/mol. The highest BCUT2D eigenvalue weighted by Crippen LogP contribution is 2.13. The minimum atomic E-state index is -0.356. The van der Waals surface area contributed by atoms with Crippen molar-refractivity contribution in [3.8, 4) is 12.3 Å². The van der Waals surface area contributed by atoms with Crippen LogP contribution < -0.4 is 0 Å². The summed E-state index contributed by atoms with van der Waals surface area (Å²) in [5.74, 6) is 2.65. The Morgan fingerprint density at radius 1 is 1.09 bits per heavy atom. The molecule has 1 unspecified atom stereocenters. The van der Waals surface area contributed by atoms with Crippen molar-refractivity contribution >= 4 is 6.09 Å². The maximum Gasteiger partial charge on any atom is 0.410 e. The van der Waals surface area contributed by atoms with E-state index in [9.17, 15) is 4.79 Å². The SMILES string of the molecule is C#CCC(Cc1ccccc1)N(C)C(=O)OCc1ccccc1. The van der Waals surface area contributed by atoms with Gasteiger partial charge < -0.3 is 9.64 Å². The van der Waals surface area contributed by atoms with Crippen LogP contribution in [0, 0.1) is 12.3 Å². The average Bonchev–Trinajstić information content (AvgIpc) is 2.60. The van der Waals surface area contributed by atoms with Crippen LogP contribution in [-0.4, -0.2) is 24.1 Å². The van der Waals surface area contributed by atoms with Crippen LogP contribution in [0.5, 0.6) is 0 Å². The van der Waals surface area contributed by atoms with E-state index in [0.29, 0.717) is 12.8 Å². The van der Waals surface area contributed by atoms with E-state index in [2.05, 4.69) is 5.92 Å². The first-order chi connectivity index (χ1) is 11.2. The molecule has 0 saturated carbocycles. The highest BCUT2D eigenvalue weighted by molar-refractivity contribution is 5.67. The van der Waals surface area contributed by atoms with Crippen molar-refractivity contribution in [1.82, 2.24) is 4.90 Å². The summed E-state index contributed by atoms with van der Waals surface area (Å²) in [5.41, 5.74) is 2.11. The molecule has 0 N–H and O–H groups in total. The van der Waals surface area contributed by atoms with E-state index < -0.39 is 0 Å². The topological polar surface area (TPSA) is 29.5 Å². The third-order valence-electron chi connectivity index (χ3n) is 3.71. The van der Waals surface area contributed by atoms with Gasteiger partial charge >= 0.3 is 6.09 Å². The van der Waals surface area contributed by atoms with Gasteiger partial charge in [0.2, 0.25) is 0 Å². The Hall–Kier alpha value is -2.73. The molecule has 0 aliphatic heterocycles. The fourth-order valence-corrected chi connectivity index (χ4v) is 2.34. The van der Waals surface area contributed by atoms with Crippen molar-refractivity contribution < 1.29 is 9.53 Å². The van der Waals surface area contributed by atoms with Crippen molar-refractivity contribution in [3.05, 3.63) is 71.8 Å². The molecule has 0 aromatic heterocycles. The summed E-state index contributed by atoms with van der Waals surface area (Å²) < 4.78 is 5.37. The summed E-state index contributed by atoms with van der Waals surface area (Å²) in [5, 5.41) is 0. The number of terminal acetylenes is 1. The van der Waals surface area contributed by atoms with Crippen LogP contribution in [0.4, 0.5) is 4.79 Å². The number of benzene rings is 2. The maximum atomic E-state index is 12.3. The molecule has 0 fully saturated rings. The lowest BCUT2D eigenvalue weighted by Crippen LogP contribution is -2.38. The van der Waals surface area contributed by atoms with Crippen LogP contribution >= 0.6 is 0 Å². The van der Waals surface area contributed by atoms with Gasteiger partial charge in [-0.05, 0) is 17.5 Å². The first kappa shape index (κ1) is 16.6.